The van der Waals surface area contributed by atoms with Crippen molar-refractivity contribution in [2.45, 2.75) is 25.8 Å². The lowest BCUT2D eigenvalue weighted by Gasteiger charge is -2.35. The maximum atomic E-state index is 13.6. The average Bonchev–Trinajstić information content (AvgIpc) is 3.18. The fraction of sp³-hybridized carbons (Fsp3) is 0.250. The summed E-state index contributed by atoms with van der Waals surface area (Å²) in [6.07, 6.45) is 3.87. The van der Waals surface area contributed by atoms with E-state index >= 15 is 0 Å². The molecule has 0 fully saturated rings. The van der Waals surface area contributed by atoms with Crippen molar-refractivity contribution in [3.05, 3.63) is 84.4 Å². The number of hydrogen-bond acceptors (Lipinski definition) is 3. The third-order valence-electron chi connectivity index (χ3n) is 4.56. The maximum Gasteiger partial charge on any atom is 0.173 e. The lowest BCUT2D eigenvalue weighted by atomic mass is 9.75. The molecule has 0 spiro atoms. The van der Waals surface area contributed by atoms with Crippen LogP contribution in [0.5, 0.6) is 0 Å². The molecule has 0 bridgehead atoms. The second-order valence-electron chi connectivity index (χ2n) is 5.96. The molecule has 0 aliphatic carbocycles. The molecular weight excluding hydrogens is 298 g/mol. The summed E-state index contributed by atoms with van der Waals surface area (Å²) in [5.41, 5.74) is 0.785. The highest BCUT2D eigenvalue weighted by molar-refractivity contribution is 5.95. The van der Waals surface area contributed by atoms with Crippen molar-refractivity contribution >= 4 is 5.78 Å². The second-order valence-corrected chi connectivity index (χ2v) is 5.96. The Morgan fingerprint density at radius 3 is 2.00 bits per heavy atom. The first-order valence-corrected chi connectivity index (χ1v) is 8.21. The van der Waals surface area contributed by atoms with Crippen LogP contribution in [0.15, 0.2) is 73.3 Å². The number of nitrogens with zero attached hydrogens (tertiary/aromatic N) is 3. The molecule has 1 aromatic heterocycles. The minimum atomic E-state index is -1.01. The van der Waals surface area contributed by atoms with Crippen LogP contribution >= 0.6 is 0 Å². The normalized spacial score (nSPS) is 12.8. The predicted molar refractivity (Wildman–Crippen MR) is 93.5 cm³/mol. The smallest absolute Gasteiger partial charge is 0.173 e. The first-order chi connectivity index (χ1) is 11.7. The van der Waals surface area contributed by atoms with Gasteiger partial charge in [-0.1, -0.05) is 74.5 Å². The van der Waals surface area contributed by atoms with E-state index in [-0.39, 0.29) is 11.7 Å². The summed E-state index contributed by atoms with van der Waals surface area (Å²) in [4.78, 5) is 17.7. The fourth-order valence-corrected chi connectivity index (χ4v) is 3.11. The van der Waals surface area contributed by atoms with Gasteiger partial charge in [0.15, 0.2) is 11.3 Å². The molecular formula is C20H21N3O. The highest BCUT2D eigenvalue weighted by Gasteiger charge is 2.46. The number of ketones is 1. The molecule has 122 valence electrons. The summed E-state index contributed by atoms with van der Waals surface area (Å²) < 4.78 is 1.69. The number of rotatable bonds is 6. The molecule has 1 unspecified atom stereocenters. The van der Waals surface area contributed by atoms with Crippen LogP contribution in [0.4, 0.5) is 0 Å². The predicted octanol–water partition coefficient (Wildman–Crippen LogP) is 3.69. The first-order valence-electron chi connectivity index (χ1n) is 8.21. The van der Waals surface area contributed by atoms with E-state index in [1.807, 2.05) is 74.5 Å². The van der Waals surface area contributed by atoms with E-state index in [9.17, 15) is 4.79 Å². The third kappa shape index (κ3) is 2.54. The van der Waals surface area contributed by atoms with E-state index in [0.29, 0.717) is 0 Å². The van der Waals surface area contributed by atoms with E-state index in [0.717, 1.165) is 17.5 Å². The molecule has 3 aromatic rings. The van der Waals surface area contributed by atoms with Crippen molar-refractivity contribution in [2.24, 2.45) is 5.92 Å². The van der Waals surface area contributed by atoms with Crippen LogP contribution in [0, 0.1) is 5.92 Å². The molecule has 1 heterocycles. The Hall–Kier alpha value is -2.75. The minimum absolute atomic E-state index is 0.102. The van der Waals surface area contributed by atoms with Crippen molar-refractivity contribution in [3.63, 3.8) is 0 Å². The molecule has 0 aliphatic heterocycles. The summed E-state index contributed by atoms with van der Waals surface area (Å²) >= 11 is 0. The zero-order valence-corrected chi connectivity index (χ0v) is 14.0. The molecule has 4 heteroatoms. The molecule has 0 saturated heterocycles. The number of carbonyl (C=O) groups is 1. The molecule has 1 atom stereocenters. The monoisotopic (exact) mass is 319 g/mol. The van der Waals surface area contributed by atoms with Crippen molar-refractivity contribution in [2.75, 3.05) is 0 Å². The fourth-order valence-electron chi connectivity index (χ4n) is 3.11. The van der Waals surface area contributed by atoms with E-state index in [1.165, 1.54) is 6.33 Å². The lowest BCUT2D eigenvalue weighted by molar-refractivity contribution is -0.128. The van der Waals surface area contributed by atoms with Crippen LogP contribution < -0.4 is 0 Å². The zero-order chi connectivity index (χ0) is 17.0. The topological polar surface area (TPSA) is 47.8 Å². The van der Waals surface area contributed by atoms with Gasteiger partial charge in [0.1, 0.15) is 12.7 Å². The Morgan fingerprint density at radius 1 is 1.04 bits per heavy atom. The summed E-state index contributed by atoms with van der Waals surface area (Å²) in [6.45, 7) is 4.00. The van der Waals surface area contributed by atoms with Gasteiger partial charge in [0, 0.05) is 5.92 Å². The summed E-state index contributed by atoms with van der Waals surface area (Å²) in [5.74, 6) is 0.0162. The number of aromatic nitrogens is 3. The molecule has 2 aromatic carbocycles. The third-order valence-corrected chi connectivity index (χ3v) is 4.56. The molecule has 4 nitrogen and oxygen atoms in total. The molecule has 0 N–H and O–H groups in total. The molecule has 3 rings (SSSR count). The number of hydrogen-bond donors (Lipinski definition) is 0. The number of carbonyl (C=O) groups excluding carboxylic acids is 1. The van der Waals surface area contributed by atoms with Gasteiger partial charge in [0.25, 0.3) is 0 Å². The molecule has 0 radical (unpaired) electrons. The van der Waals surface area contributed by atoms with E-state index < -0.39 is 5.54 Å². The minimum Gasteiger partial charge on any atom is -0.296 e. The highest BCUT2D eigenvalue weighted by atomic mass is 16.1. The Morgan fingerprint density at radius 2 is 1.58 bits per heavy atom. The molecule has 0 amide bonds. The number of Topliss-reactive ketones (excluding diaryl/α,β-unsaturated/α-hetero) is 1. The Balaban J connectivity index is 2.35. The van der Waals surface area contributed by atoms with Crippen LogP contribution in [-0.2, 0) is 10.3 Å². The largest absolute Gasteiger partial charge is 0.296 e. The first kappa shape index (κ1) is 16.1. The van der Waals surface area contributed by atoms with Gasteiger partial charge in [-0.2, -0.15) is 5.10 Å². The molecule has 24 heavy (non-hydrogen) atoms. The average molecular weight is 319 g/mol. The second kappa shape index (κ2) is 6.79. The summed E-state index contributed by atoms with van der Waals surface area (Å²) in [6, 6.07) is 19.6. The van der Waals surface area contributed by atoms with Gasteiger partial charge in [0.2, 0.25) is 0 Å². The summed E-state index contributed by atoms with van der Waals surface area (Å²) in [7, 11) is 0. The molecule has 0 saturated carbocycles. The van der Waals surface area contributed by atoms with Crippen molar-refractivity contribution in [1.29, 1.82) is 0 Å². The summed E-state index contributed by atoms with van der Waals surface area (Å²) in [5, 5.41) is 4.36. The maximum absolute atomic E-state index is 13.6. The quantitative estimate of drug-likeness (QED) is 0.696. The van der Waals surface area contributed by atoms with Gasteiger partial charge in [0.05, 0.1) is 0 Å². The molecule has 0 aliphatic rings. The van der Waals surface area contributed by atoms with Crippen LogP contribution in [0.3, 0.4) is 0 Å². The van der Waals surface area contributed by atoms with Gasteiger partial charge in [-0.05, 0) is 17.5 Å². The Kier molecular flexibility index (Phi) is 4.56. The van der Waals surface area contributed by atoms with Crippen LogP contribution in [0.25, 0.3) is 0 Å². The zero-order valence-electron chi connectivity index (χ0n) is 14.0. The Labute approximate surface area is 142 Å². The van der Waals surface area contributed by atoms with Gasteiger partial charge in [-0.25, -0.2) is 9.67 Å². The van der Waals surface area contributed by atoms with Crippen molar-refractivity contribution in [3.8, 4) is 0 Å². The van der Waals surface area contributed by atoms with Gasteiger partial charge in [-0.3, -0.25) is 4.79 Å². The lowest BCUT2D eigenvalue weighted by Crippen LogP contribution is -2.47. The SMILES string of the molecule is CCC(C)C(=O)C(c1ccccc1)(c1ccccc1)n1cncn1. The standard InChI is InChI=1S/C20H21N3O/c1-3-16(2)19(24)20(23-15-21-14-22-23,17-10-6-4-7-11-17)18-12-8-5-9-13-18/h4-16H,3H2,1-2H3. The van der Waals surface area contributed by atoms with E-state index in [4.69, 9.17) is 0 Å². The van der Waals surface area contributed by atoms with E-state index in [2.05, 4.69) is 10.1 Å². The van der Waals surface area contributed by atoms with Crippen LogP contribution in [0.1, 0.15) is 31.4 Å². The number of benzene rings is 2. The van der Waals surface area contributed by atoms with Crippen LogP contribution in [-0.4, -0.2) is 20.5 Å². The van der Waals surface area contributed by atoms with Gasteiger partial charge in [-0.15, -0.1) is 0 Å². The van der Waals surface area contributed by atoms with Gasteiger partial charge >= 0.3 is 0 Å². The highest BCUT2D eigenvalue weighted by Crippen LogP contribution is 2.37. The van der Waals surface area contributed by atoms with Crippen molar-refractivity contribution < 1.29 is 4.79 Å². The van der Waals surface area contributed by atoms with E-state index in [1.54, 1.807) is 11.0 Å². The van der Waals surface area contributed by atoms with Crippen molar-refractivity contribution in [1.82, 2.24) is 14.8 Å². The van der Waals surface area contributed by atoms with Gasteiger partial charge < -0.3 is 0 Å². The van der Waals surface area contributed by atoms with Crippen LogP contribution in [0.2, 0.25) is 0 Å². The Bertz CT molecular complexity index is 743.